The van der Waals surface area contributed by atoms with E-state index in [0.717, 1.165) is 0 Å². The zero-order chi connectivity index (χ0) is 25.0. The van der Waals surface area contributed by atoms with Crippen molar-refractivity contribution in [2.24, 2.45) is 17.6 Å². The van der Waals surface area contributed by atoms with Gasteiger partial charge in [-0.15, -0.1) is 0 Å². The highest BCUT2D eigenvalue weighted by molar-refractivity contribution is 5.94. The molecule has 0 spiro atoms. The van der Waals surface area contributed by atoms with Crippen LogP contribution in [-0.4, -0.2) is 75.8 Å². The van der Waals surface area contributed by atoms with Crippen LogP contribution >= 0.6 is 0 Å². The number of aliphatic carboxylic acids is 2. The maximum absolute atomic E-state index is 12.9. The van der Waals surface area contributed by atoms with E-state index in [9.17, 15) is 24.0 Å². The van der Waals surface area contributed by atoms with Gasteiger partial charge in [-0.25, -0.2) is 4.79 Å². The minimum Gasteiger partial charge on any atom is -0.481 e. The van der Waals surface area contributed by atoms with E-state index in [1.807, 2.05) is 13.8 Å². The van der Waals surface area contributed by atoms with Crippen LogP contribution in [0.5, 0.6) is 0 Å². The Bertz CT molecular complexity index is 670. The van der Waals surface area contributed by atoms with Crippen LogP contribution in [0.3, 0.4) is 0 Å². The molecule has 12 nitrogen and oxygen atoms in total. The van der Waals surface area contributed by atoms with Crippen LogP contribution in [-0.2, 0) is 24.0 Å². The van der Waals surface area contributed by atoms with Crippen molar-refractivity contribution >= 4 is 29.7 Å². The lowest BCUT2D eigenvalue weighted by Gasteiger charge is -2.28. The smallest absolute Gasteiger partial charge is 0.328 e. The van der Waals surface area contributed by atoms with E-state index in [-0.39, 0.29) is 18.3 Å². The van der Waals surface area contributed by atoms with Gasteiger partial charge in [-0.2, -0.15) is 0 Å². The normalized spacial score (nSPS) is 15.7. The molecule has 0 aromatic rings. The molecule has 0 fully saturated rings. The standard InChI is InChI=1S/C20H36N4O8/c1-5-11(4)16(24-17(28)12(21)8-10(2)3)19(30)22-13(6-7-15(26)27)18(29)23-14(9-25)20(31)32/h10-14,16,25H,5-9,21H2,1-4H3,(H,22,30)(H,23,29)(H,24,28)(H,26,27)(H,31,32). The topological polar surface area (TPSA) is 208 Å². The van der Waals surface area contributed by atoms with Gasteiger partial charge in [-0.1, -0.05) is 34.1 Å². The molecule has 0 saturated carbocycles. The summed E-state index contributed by atoms with van der Waals surface area (Å²) in [5.74, 6) is -5.12. The van der Waals surface area contributed by atoms with E-state index < -0.39 is 66.9 Å². The average Bonchev–Trinajstić information content (AvgIpc) is 2.70. The van der Waals surface area contributed by atoms with E-state index in [1.165, 1.54) is 0 Å². The molecule has 0 aliphatic rings. The molecule has 8 N–H and O–H groups in total. The van der Waals surface area contributed by atoms with Gasteiger partial charge in [-0.05, 0) is 24.7 Å². The summed E-state index contributed by atoms with van der Waals surface area (Å²) < 4.78 is 0. The van der Waals surface area contributed by atoms with Crippen LogP contribution in [0.2, 0.25) is 0 Å². The fraction of sp³-hybridized carbons (Fsp3) is 0.750. The molecule has 0 bridgehead atoms. The quantitative estimate of drug-likeness (QED) is 0.156. The second-order valence-electron chi connectivity index (χ2n) is 8.18. The van der Waals surface area contributed by atoms with E-state index in [1.54, 1.807) is 13.8 Å². The van der Waals surface area contributed by atoms with Crippen LogP contribution < -0.4 is 21.7 Å². The van der Waals surface area contributed by atoms with Gasteiger partial charge < -0.3 is 37.0 Å². The van der Waals surface area contributed by atoms with Crippen LogP contribution in [0, 0.1) is 11.8 Å². The number of carbonyl (C=O) groups excluding carboxylic acids is 3. The molecule has 0 aromatic heterocycles. The van der Waals surface area contributed by atoms with Gasteiger partial charge in [0.15, 0.2) is 0 Å². The third-order valence-corrected chi connectivity index (χ3v) is 4.93. The van der Waals surface area contributed by atoms with Crippen molar-refractivity contribution in [1.82, 2.24) is 16.0 Å². The van der Waals surface area contributed by atoms with Gasteiger partial charge in [0.2, 0.25) is 17.7 Å². The van der Waals surface area contributed by atoms with Crippen molar-refractivity contribution in [2.45, 2.75) is 77.5 Å². The Hall–Kier alpha value is -2.73. The van der Waals surface area contributed by atoms with E-state index >= 15 is 0 Å². The number of aliphatic hydroxyl groups is 1. The largest absolute Gasteiger partial charge is 0.481 e. The molecule has 32 heavy (non-hydrogen) atoms. The second kappa shape index (κ2) is 14.4. The molecule has 184 valence electrons. The number of carboxylic acids is 2. The van der Waals surface area contributed by atoms with Crippen molar-refractivity contribution in [3.63, 3.8) is 0 Å². The first-order valence-electron chi connectivity index (χ1n) is 10.6. The number of hydrogen-bond donors (Lipinski definition) is 7. The molecule has 0 aromatic carbocycles. The highest BCUT2D eigenvalue weighted by atomic mass is 16.4. The number of hydrogen-bond acceptors (Lipinski definition) is 7. The third kappa shape index (κ3) is 10.5. The number of amides is 3. The Morgan fingerprint density at radius 2 is 1.44 bits per heavy atom. The summed E-state index contributed by atoms with van der Waals surface area (Å²) in [6.07, 6.45) is 0.116. The van der Waals surface area contributed by atoms with Gasteiger partial charge in [0.25, 0.3) is 0 Å². The molecule has 0 rings (SSSR count). The van der Waals surface area contributed by atoms with Crippen molar-refractivity contribution in [3.05, 3.63) is 0 Å². The predicted molar refractivity (Wildman–Crippen MR) is 114 cm³/mol. The molecule has 0 aliphatic carbocycles. The summed E-state index contributed by atoms with van der Waals surface area (Å²) in [7, 11) is 0. The zero-order valence-corrected chi connectivity index (χ0v) is 19.0. The zero-order valence-electron chi connectivity index (χ0n) is 19.0. The Labute approximate surface area is 187 Å². The van der Waals surface area contributed by atoms with Gasteiger partial charge in [0.1, 0.15) is 18.1 Å². The van der Waals surface area contributed by atoms with Gasteiger partial charge in [0.05, 0.1) is 12.6 Å². The van der Waals surface area contributed by atoms with E-state index in [2.05, 4.69) is 16.0 Å². The lowest BCUT2D eigenvalue weighted by molar-refractivity contribution is -0.144. The van der Waals surface area contributed by atoms with Crippen LogP contribution in [0.15, 0.2) is 0 Å². The molecule has 3 amide bonds. The highest BCUT2D eigenvalue weighted by Gasteiger charge is 2.32. The average molecular weight is 461 g/mol. The summed E-state index contributed by atoms with van der Waals surface area (Å²) in [6.45, 7) is 6.43. The summed E-state index contributed by atoms with van der Waals surface area (Å²) in [5.41, 5.74) is 5.88. The number of aliphatic hydroxyl groups excluding tert-OH is 1. The molecule has 0 aliphatic heterocycles. The number of nitrogens with one attached hydrogen (secondary N) is 3. The number of nitrogens with two attached hydrogens (primary N) is 1. The summed E-state index contributed by atoms with van der Waals surface area (Å²) in [4.78, 5) is 59.8. The summed E-state index contributed by atoms with van der Waals surface area (Å²) >= 11 is 0. The van der Waals surface area contributed by atoms with Gasteiger partial charge >= 0.3 is 11.9 Å². The van der Waals surface area contributed by atoms with Crippen molar-refractivity contribution in [1.29, 1.82) is 0 Å². The molecule has 12 heteroatoms. The number of rotatable bonds is 15. The summed E-state index contributed by atoms with van der Waals surface area (Å²) in [5, 5.41) is 34.1. The molecule has 0 heterocycles. The van der Waals surface area contributed by atoms with Crippen molar-refractivity contribution < 1.29 is 39.3 Å². The molecule has 5 atom stereocenters. The second-order valence-corrected chi connectivity index (χ2v) is 8.18. The molecular weight excluding hydrogens is 424 g/mol. The Morgan fingerprint density at radius 1 is 0.875 bits per heavy atom. The fourth-order valence-electron chi connectivity index (χ4n) is 2.83. The van der Waals surface area contributed by atoms with Gasteiger partial charge in [-0.3, -0.25) is 19.2 Å². The number of carbonyl (C=O) groups is 5. The minimum atomic E-state index is -1.62. The molecule has 0 radical (unpaired) electrons. The van der Waals surface area contributed by atoms with Crippen LogP contribution in [0.4, 0.5) is 0 Å². The maximum Gasteiger partial charge on any atom is 0.328 e. The summed E-state index contributed by atoms with van der Waals surface area (Å²) in [6, 6.07) is -4.88. The highest BCUT2D eigenvalue weighted by Crippen LogP contribution is 2.11. The molecule has 5 unspecified atom stereocenters. The third-order valence-electron chi connectivity index (χ3n) is 4.93. The van der Waals surface area contributed by atoms with Crippen molar-refractivity contribution in [3.8, 4) is 0 Å². The van der Waals surface area contributed by atoms with Crippen LogP contribution in [0.1, 0.15) is 53.4 Å². The lowest BCUT2D eigenvalue weighted by atomic mass is 9.96. The first-order valence-corrected chi connectivity index (χ1v) is 10.6. The molecular formula is C20H36N4O8. The monoisotopic (exact) mass is 460 g/mol. The predicted octanol–water partition coefficient (Wildman–Crippen LogP) is -1.20. The Kier molecular flexibility index (Phi) is 13.1. The minimum absolute atomic E-state index is 0.157. The SMILES string of the molecule is CCC(C)C(NC(=O)C(N)CC(C)C)C(=O)NC(CCC(=O)O)C(=O)NC(CO)C(=O)O. The van der Waals surface area contributed by atoms with Gasteiger partial charge in [0, 0.05) is 6.42 Å². The Balaban J connectivity index is 5.52. The van der Waals surface area contributed by atoms with E-state index in [4.69, 9.17) is 21.1 Å². The van der Waals surface area contributed by atoms with Crippen molar-refractivity contribution in [2.75, 3.05) is 6.61 Å². The van der Waals surface area contributed by atoms with E-state index in [0.29, 0.717) is 12.8 Å². The molecule has 0 saturated heterocycles. The number of carboxylic acid groups (broad SMARTS) is 2. The van der Waals surface area contributed by atoms with Crippen LogP contribution in [0.25, 0.3) is 0 Å². The first kappa shape index (κ1) is 29.3. The fourth-order valence-corrected chi connectivity index (χ4v) is 2.83. The maximum atomic E-state index is 12.9. The lowest BCUT2D eigenvalue weighted by Crippen LogP contribution is -2.59. The Morgan fingerprint density at radius 3 is 1.88 bits per heavy atom. The first-order chi connectivity index (χ1) is 14.8.